The van der Waals surface area contributed by atoms with Crippen molar-refractivity contribution in [2.45, 2.75) is 6.54 Å². The molecule has 4 heteroatoms. The predicted octanol–water partition coefficient (Wildman–Crippen LogP) is 1.56. The average Bonchev–Trinajstić information content (AvgIpc) is 2.57. The van der Waals surface area contributed by atoms with Crippen LogP contribution in [0.2, 0.25) is 0 Å². The molecule has 0 radical (unpaired) electrons. The van der Waals surface area contributed by atoms with Crippen molar-refractivity contribution in [1.29, 1.82) is 0 Å². The summed E-state index contributed by atoms with van der Waals surface area (Å²) in [6.07, 6.45) is 5.50. The monoisotopic (exact) mass is 186 g/mol. The molecule has 0 saturated heterocycles. The Balaban J connectivity index is 2.07. The number of nitrogens with zero attached hydrogens (tertiary/aromatic N) is 1. The van der Waals surface area contributed by atoms with E-state index >= 15 is 0 Å². The zero-order valence-corrected chi connectivity index (χ0v) is 7.42. The lowest BCUT2D eigenvalue weighted by molar-refractivity contribution is 0.375. The minimum absolute atomic E-state index is 0.560. The van der Waals surface area contributed by atoms with Crippen LogP contribution in [0.3, 0.4) is 0 Å². The first kappa shape index (κ1) is 9.29. The van der Waals surface area contributed by atoms with Crippen LogP contribution < -0.4 is 5.32 Å². The van der Waals surface area contributed by atoms with Crippen molar-refractivity contribution in [2.24, 2.45) is 0 Å². The van der Waals surface area contributed by atoms with E-state index < -0.39 is 0 Å². The summed E-state index contributed by atoms with van der Waals surface area (Å²) in [5.74, 6) is 1.40. The Morgan fingerprint density at radius 2 is 2.50 bits per heavy atom. The standard InChI is InChI=1S/C8H11ClN2O/c9-4-1-2-5-10-7-8-3-6-11-12-8/h1-3,6,10H,4-5,7H2/b2-1+. The molecule has 0 atom stereocenters. The van der Waals surface area contributed by atoms with Crippen LogP contribution in [0, 0.1) is 0 Å². The molecular weight excluding hydrogens is 176 g/mol. The van der Waals surface area contributed by atoms with Gasteiger partial charge in [0.05, 0.1) is 12.7 Å². The molecule has 0 bridgehead atoms. The number of hydrogen-bond donors (Lipinski definition) is 1. The molecule has 1 rings (SSSR count). The largest absolute Gasteiger partial charge is 0.360 e. The molecule has 0 fully saturated rings. The third kappa shape index (κ3) is 3.55. The fourth-order valence-corrected chi connectivity index (χ4v) is 0.884. The maximum absolute atomic E-state index is 5.44. The van der Waals surface area contributed by atoms with E-state index in [1.807, 2.05) is 18.2 Å². The van der Waals surface area contributed by atoms with Crippen LogP contribution in [0.25, 0.3) is 0 Å². The first-order valence-corrected chi connectivity index (χ1v) is 4.28. The number of halogens is 1. The minimum atomic E-state index is 0.560. The summed E-state index contributed by atoms with van der Waals surface area (Å²) < 4.78 is 4.88. The normalized spacial score (nSPS) is 11.1. The number of nitrogens with one attached hydrogen (secondary N) is 1. The van der Waals surface area contributed by atoms with Crippen molar-refractivity contribution in [3.05, 3.63) is 30.2 Å². The lowest BCUT2D eigenvalue weighted by Crippen LogP contribution is -2.12. The molecular formula is C8H11ClN2O. The van der Waals surface area contributed by atoms with Crippen molar-refractivity contribution < 1.29 is 4.52 Å². The van der Waals surface area contributed by atoms with Crippen molar-refractivity contribution in [1.82, 2.24) is 10.5 Å². The van der Waals surface area contributed by atoms with E-state index in [1.54, 1.807) is 6.20 Å². The zero-order valence-electron chi connectivity index (χ0n) is 6.66. The Hall–Kier alpha value is -0.800. The Morgan fingerprint density at radius 3 is 3.17 bits per heavy atom. The lowest BCUT2D eigenvalue weighted by atomic mass is 10.4. The van der Waals surface area contributed by atoms with Crippen LogP contribution in [-0.2, 0) is 6.54 Å². The van der Waals surface area contributed by atoms with E-state index in [-0.39, 0.29) is 0 Å². The van der Waals surface area contributed by atoms with E-state index in [0.717, 1.165) is 12.3 Å². The molecule has 0 spiro atoms. The van der Waals surface area contributed by atoms with Gasteiger partial charge in [-0.15, -0.1) is 11.6 Å². The summed E-state index contributed by atoms with van der Waals surface area (Å²) in [6, 6.07) is 1.83. The van der Waals surface area contributed by atoms with Gasteiger partial charge in [-0.25, -0.2) is 0 Å². The average molecular weight is 187 g/mol. The van der Waals surface area contributed by atoms with Gasteiger partial charge in [0, 0.05) is 18.5 Å². The van der Waals surface area contributed by atoms with Gasteiger partial charge in [-0.2, -0.15) is 0 Å². The van der Waals surface area contributed by atoms with E-state index in [0.29, 0.717) is 12.4 Å². The second kappa shape index (κ2) is 5.80. The van der Waals surface area contributed by atoms with Crippen molar-refractivity contribution in [3.63, 3.8) is 0 Å². The van der Waals surface area contributed by atoms with E-state index in [9.17, 15) is 0 Å². The van der Waals surface area contributed by atoms with Crippen LogP contribution in [-0.4, -0.2) is 17.6 Å². The maximum Gasteiger partial charge on any atom is 0.150 e. The molecule has 0 aliphatic carbocycles. The second-order valence-corrected chi connectivity index (χ2v) is 2.54. The third-order valence-corrected chi connectivity index (χ3v) is 1.49. The first-order chi connectivity index (χ1) is 5.93. The van der Waals surface area contributed by atoms with E-state index in [2.05, 4.69) is 10.5 Å². The lowest BCUT2D eigenvalue weighted by Gasteiger charge is -1.95. The Kier molecular flexibility index (Phi) is 4.49. The van der Waals surface area contributed by atoms with Crippen LogP contribution in [0.15, 0.2) is 28.9 Å². The van der Waals surface area contributed by atoms with Crippen molar-refractivity contribution >= 4 is 11.6 Å². The number of rotatable bonds is 5. The fourth-order valence-electron chi connectivity index (χ4n) is 0.758. The number of alkyl halides is 1. The highest BCUT2D eigenvalue weighted by Crippen LogP contribution is 1.94. The molecule has 66 valence electrons. The van der Waals surface area contributed by atoms with Gasteiger partial charge in [-0.3, -0.25) is 0 Å². The smallest absolute Gasteiger partial charge is 0.150 e. The van der Waals surface area contributed by atoms with Gasteiger partial charge >= 0.3 is 0 Å². The van der Waals surface area contributed by atoms with Crippen LogP contribution in [0.5, 0.6) is 0 Å². The molecule has 0 saturated carbocycles. The Morgan fingerprint density at radius 1 is 1.58 bits per heavy atom. The highest BCUT2D eigenvalue weighted by atomic mass is 35.5. The quantitative estimate of drug-likeness (QED) is 0.431. The summed E-state index contributed by atoms with van der Waals surface area (Å²) in [5, 5.41) is 6.73. The minimum Gasteiger partial charge on any atom is -0.360 e. The highest BCUT2D eigenvalue weighted by molar-refractivity contribution is 6.18. The van der Waals surface area contributed by atoms with Gasteiger partial charge in [0.15, 0.2) is 0 Å². The van der Waals surface area contributed by atoms with Gasteiger partial charge in [0.25, 0.3) is 0 Å². The maximum atomic E-state index is 5.44. The van der Waals surface area contributed by atoms with Crippen molar-refractivity contribution in [3.8, 4) is 0 Å². The van der Waals surface area contributed by atoms with Gasteiger partial charge in [-0.05, 0) is 0 Å². The number of aromatic nitrogens is 1. The molecule has 12 heavy (non-hydrogen) atoms. The van der Waals surface area contributed by atoms with Gasteiger partial charge in [0.1, 0.15) is 5.76 Å². The molecule has 1 aromatic rings. The zero-order chi connectivity index (χ0) is 8.65. The van der Waals surface area contributed by atoms with Gasteiger partial charge < -0.3 is 9.84 Å². The fraction of sp³-hybridized carbons (Fsp3) is 0.375. The Bertz CT molecular complexity index is 221. The van der Waals surface area contributed by atoms with Crippen LogP contribution in [0.4, 0.5) is 0 Å². The Labute approximate surface area is 76.4 Å². The van der Waals surface area contributed by atoms with Crippen LogP contribution in [0.1, 0.15) is 5.76 Å². The summed E-state index contributed by atoms with van der Waals surface area (Å²) in [5.41, 5.74) is 0. The molecule has 3 nitrogen and oxygen atoms in total. The van der Waals surface area contributed by atoms with Gasteiger partial charge in [0.2, 0.25) is 0 Å². The third-order valence-electron chi connectivity index (χ3n) is 1.31. The topological polar surface area (TPSA) is 38.1 Å². The van der Waals surface area contributed by atoms with E-state index in [1.165, 1.54) is 0 Å². The SMILES string of the molecule is ClC/C=C/CNCc1ccno1. The molecule has 1 heterocycles. The highest BCUT2D eigenvalue weighted by Gasteiger charge is 1.92. The first-order valence-electron chi connectivity index (χ1n) is 3.74. The van der Waals surface area contributed by atoms with Crippen molar-refractivity contribution in [2.75, 3.05) is 12.4 Å². The summed E-state index contributed by atoms with van der Waals surface area (Å²) in [7, 11) is 0. The number of allylic oxidation sites excluding steroid dienone is 1. The van der Waals surface area contributed by atoms with Gasteiger partial charge in [-0.1, -0.05) is 17.3 Å². The molecule has 0 amide bonds. The molecule has 0 aliphatic rings. The molecule has 1 N–H and O–H groups in total. The predicted molar refractivity (Wildman–Crippen MR) is 48.1 cm³/mol. The summed E-state index contributed by atoms with van der Waals surface area (Å²) >= 11 is 5.44. The molecule has 0 aromatic carbocycles. The van der Waals surface area contributed by atoms with E-state index in [4.69, 9.17) is 16.1 Å². The number of hydrogen-bond acceptors (Lipinski definition) is 3. The molecule has 1 aromatic heterocycles. The summed E-state index contributed by atoms with van der Waals surface area (Å²) in [6.45, 7) is 1.50. The molecule has 0 aliphatic heterocycles. The second-order valence-electron chi connectivity index (χ2n) is 2.24. The summed E-state index contributed by atoms with van der Waals surface area (Å²) in [4.78, 5) is 0. The molecule has 0 unspecified atom stereocenters. The van der Waals surface area contributed by atoms with Crippen LogP contribution >= 0.6 is 11.6 Å².